The van der Waals surface area contributed by atoms with E-state index in [1.54, 1.807) is 12.1 Å². The highest BCUT2D eigenvalue weighted by Crippen LogP contribution is 2.29. The van der Waals surface area contributed by atoms with Crippen LogP contribution in [0.15, 0.2) is 34.7 Å². The molecule has 1 nitrogen and oxygen atoms in total. The van der Waals surface area contributed by atoms with Crippen molar-refractivity contribution >= 4 is 40.7 Å². The molecule has 0 spiro atoms. The summed E-state index contributed by atoms with van der Waals surface area (Å²) in [6, 6.07) is 5.36. The van der Waals surface area contributed by atoms with Gasteiger partial charge in [0.15, 0.2) is 0 Å². The lowest BCUT2D eigenvalue weighted by Crippen LogP contribution is -1.88. The first kappa shape index (κ1) is 10.8. The Morgan fingerprint density at radius 3 is 2.85 bits per heavy atom. The second-order valence-corrected chi connectivity index (χ2v) is 4.48. The Morgan fingerprint density at radius 1 is 1.54 bits per heavy atom. The number of nitrogens with two attached hydrogens (primary N) is 1. The Kier molecular flexibility index (Phi) is 3.97. The highest BCUT2D eigenvalue weighted by atomic mass is 35.5. The predicted molar refractivity (Wildman–Crippen MR) is 61.6 cm³/mol. The van der Waals surface area contributed by atoms with Gasteiger partial charge in [-0.3, -0.25) is 0 Å². The first-order chi connectivity index (χ1) is 6.09. The van der Waals surface area contributed by atoms with Crippen LogP contribution in [-0.4, -0.2) is 5.75 Å². The van der Waals surface area contributed by atoms with Gasteiger partial charge in [0.25, 0.3) is 0 Å². The summed E-state index contributed by atoms with van der Waals surface area (Å²) in [6.45, 7) is 3.59. The quantitative estimate of drug-likeness (QED) is 0.636. The summed E-state index contributed by atoms with van der Waals surface area (Å²) in [6.07, 6.45) is 0. The van der Waals surface area contributed by atoms with Gasteiger partial charge in [0.1, 0.15) is 0 Å². The highest BCUT2D eigenvalue weighted by molar-refractivity contribution is 7.99. The van der Waals surface area contributed by atoms with E-state index in [1.807, 2.05) is 6.07 Å². The van der Waals surface area contributed by atoms with Crippen LogP contribution in [0.1, 0.15) is 0 Å². The molecule has 1 aromatic carbocycles. The molecule has 0 aromatic heterocycles. The molecule has 0 aliphatic carbocycles. The maximum atomic E-state index is 5.81. The van der Waals surface area contributed by atoms with Gasteiger partial charge >= 0.3 is 0 Å². The lowest BCUT2D eigenvalue weighted by Gasteiger charge is -2.04. The summed E-state index contributed by atoms with van der Waals surface area (Å²) in [7, 11) is 0. The largest absolute Gasteiger partial charge is 0.398 e. The molecule has 4 heteroatoms. The maximum Gasteiger partial charge on any atom is 0.0453 e. The molecule has 2 N–H and O–H groups in total. The van der Waals surface area contributed by atoms with E-state index in [1.165, 1.54) is 11.8 Å². The fraction of sp³-hybridized carbons (Fsp3) is 0.111. The van der Waals surface area contributed by atoms with E-state index in [2.05, 4.69) is 6.58 Å². The normalized spacial score (nSPS) is 10.0. The van der Waals surface area contributed by atoms with E-state index < -0.39 is 0 Å². The molecule has 70 valence electrons. The summed E-state index contributed by atoms with van der Waals surface area (Å²) >= 11 is 13.0. The molecule has 1 aromatic rings. The van der Waals surface area contributed by atoms with Gasteiger partial charge in [0.05, 0.1) is 0 Å². The Morgan fingerprint density at radius 2 is 2.23 bits per heavy atom. The smallest absolute Gasteiger partial charge is 0.0453 e. The van der Waals surface area contributed by atoms with Crippen molar-refractivity contribution in [3.8, 4) is 0 Å². The van der Waals surface area contributed by atoms with Crippen molar-refractivity contribution in [2.75, 3.05) is 11.5 Å². The van der Waals surface area contributed by atoms with Crippen LogP contribution in [-0.2, 0) is 0 Å². The lowest BCUT2D eigenvalue weighted by molar-refractivity contribution is 1.46. The van der Waals surface area contributed by atoms with Gasteiger partial charge < -0.3 is 5.73 Å². The summed E-state index contributed by atoms with van der Waals surface area (Å²) in [4.78, 5) is 0.939. The fourth-order valence-corrected chi connectivity index (χ4v) is 1.95. The molecule has 0 heterocycles. The molecule has 0 atom stereocenters. The van der Waals surface area contributed by atoms with Crippen molar-refractivity contribution in [2.24, 2.45) is 0 Å². The van der Waals surface area contributed by atoms with Gasteiger partial charge in [-0.15, -0.1) is 11.8 Å². The van der Waals surface area contributed by atoms with Crippen LogP contribution in [0.3, 0.4) is 0 Å². The molecule has 0 fully saturated rings. The monoisotopic (exact) mass is 233 g/mol. The molecule has 0 radical (unpaired) electrons. The minimum Gasteiger partial charge on any atom is -0.398 e. The minimum atomic E-state index is 0.601. The topological polar surface area (TPSA) is 26.0 Å². The molecule has 0 unspecified atom stereocenters. The van der Waals surface area contributed by atoms with Gasteiger partial charge in [-0.1, -0.05) is 29.8 Å². The molecule has 1 rings (SSSR count). The van der Waals surface area contributed by atoms with Crippen molar-refractivity contribution in [1.82, 2.24) is 0 Å². The number of hydrogen-bond acceptors (Lipinski definition) is 2. The van der Waals surface area contributed by atoms with Crippen LogP contribution in [0.5, 0.6) is 0 Å². The van der Waals surface area contributed by atoms with Gasteiger partial charge in [-0.25, -0.2) is 0 Å². The van der Waals surface area contributed by atoms with Crippen molar-refractivity contribution in [3.05, 3.63) is 34.8 Å². The van der Waals surface area contributed by atoms with E-state index in [4.69, 9.17) is 28.9 Å². The Balaban J connectivity index is 2.75. The van der Waals surface area contributed by atoms with Crippen LogP contribution in [0.4, 0.5) is 5.69 Å². The molecular formula is C9H9Cl2NS. The predicted octanol–water partition coefficient (Wildman–Crippen LogP) is 3.77. The Bertz CT molecular complexity index is 325. The van der Waals surface area contributed by atoms with Gasteiger partial charge in [-0.05, 0) is 18.2 Å². The first-order valence-corrected chi connectivity index (χ1v) is 5.35. The number of hydrogen-bond donors (Lipinski definition) is 1. The Hall–Kier alpha value is -0.310. The highest BCUT2D eigenvalue weighted by Gasteiger charge is 2.01. The molecule has 13 heavy (non-hydrogen) atoms. The third kappa shape index (κ3) is 3.51. The minimum absolute atomic E-state index is 0.601. The number of halogens is 2. The Labute approximate surface area is 91.9 Å². The number of benzene rings is 1. The zero-order valence-corrected chi connectivity index (χ0v) is 9.22. The zero-order chi connectivity index (χ0) is 9.84. The van der Waals surface area contributed by atoms with Crippen LogP contribution >= 0.6 is 35.0 Å². The average molecular weight is 234 g/mol. The lowest BCUT2D eigenvalue weighted by atomic mass is 10.3. The summed E-state index contributed by atoms with van der Waals surface area (Å²) in [5, 5.41) is 1.28. The summed E-state index contributed by atoms with van der Waals surface area (Å²) in [5.74, 6) is 0.645. The van der Waals surface area contributed by atoms with E-state index in [0.717, 1.165) is 4.90 Å². The van der Waals surface area contributed by atoms with Crippen molar-refractivity contribution in [2.45, 2.75) is 4.90 Å². The number of anilines is 1. The molecule has 0 aliphatic heterocycles. The number of thioether (sulfide) groups is 1. The van der Waals surface area contributed by atoms with Crippen molar-refractivity contribution < 1.29 is 0 Å². The first-order valence-electron chi connectivity index (χ1n) is 3.60. The molecular weight excluding hydrogens is 225 g/mol. The SMILES string of the molecule is C=C(Cl)CSc1cc(Cl)ccc1N. The van der Waals surface area contributed by atoms with Crippen LogP contribution in [0, 0.1) is 0 Å². The second-order valence-electron chi connectivity index (χ2n) is 2.49. The molecule has 0 saturated heterocycles. The van der Waals surface area contributed by atoms with E-state index >= 15 is 0 Å². The van der Waals surface area contributed by atoms with E-state index in [0.29, 0.717) is 21.5 Å². The van der Waals surface area contributed by atoms with Crippen LogP contribution < -0.4 is 5.73 Å². The summed E-state index contributed by atoms with van der Waals surface area (Å²) < 4.78 is 0. The molecule has 0 bridgehead atoms. The third-order valence-electron chi connectivity index (χ3n) is 1.36. The maximum absolute atomic E-state index is 5.81. The standard InChI is InChI=1S/C9H9Cl2NS/c1-6(10)5-13-9-4-7(11)2-3-8(9)12/h2-4H,1,5,12H2. The fourth-order valence-electron chi connectivity index (χ4n) is 0.789. The number of nitrogen functional groups attached to an aromatic ring is 1. The van der Waals surface area contributed by atoms with Crippen LogP contribution in [0.2, 0.25) is 5.02 Å². The van der Waals surface area contributed by atoms with Crippen molar-refractivity contribution in [1.29, 1.82) is 0 Å². The second kappa shape index (κ2) is 4.80. The number of rotatable bonds is 3. The molecule has 0 saturated carbocycles. The van der Waals surface area contributed by atoms with E-state index in [-0.39, 0.29) is 0 Å². The van der Waals surface area contributed by atoms with Gasteiger partial charge in [-0.2, -0.15) is 0 Å². The third-order valence-corrected chi connectivity index (χ3v) is 3.04. The van der Waals surface area contributed by atoms with Gasteiger partial charge in [0, 0.05) is 26.4 Å². The summed E-state index contributed by atoms with van der Waals surface area (Å²) in [5.41, 5.74) is 6.44. The van der Waals surface area contributed by atoms with Crippen molar-refractivity contribution in [3.63, 3.8) is 0 Å². The average Bonchev–Trinajstić information content (AvgIpc) is 2.06. The van der Waals surface area contributed by atoms with E-state index in [9.17, 15) is 0 Å². The molecule has 0 amide bonds. The van der Waals surface area contributed by atoms with Gasteiger partial charge in [0.2, 0.25) is 0 Å². The zero-order valence-electron chi connectivity index (χ0n) is 6.89. The molecule has 0 aliphatic rings. The van der Waals surface area contributed by atoms with Crippen LogP contribution in [0.25, 0.3) is 0 Å².